The van der Waals surface area contributed by atoms with Gasteiger partial charge in [0.15, 0.2) is 5.82 Å². The van der Waals surface area contributed by atoms with Crippen LogP contribution in [0.15, 0.2) is 24.3 Å². The van der Waals surface area contributed by atoms with Crippen molar-refractivity contribution in [1.82, 2.24) is 14.8 Å². The Kier molecular flexibility index (Phi) is 4.73. The Balaban J connectivity index is 2.47. The highest BCUT2D eigenvalue weighted by atomic mass is 16.5. The van der Waals surface area contributed by atoms with E-state index in [0.717, 1.165) is 23.4 Å². The number of benzene rings is 1. The van der Waals surface area contributed by atoms with Crippen LogP contribution >= 0.6 is 0 Å². The Bertz CT molecular complexity index is 617. The summed E-state index contributed by atoms with van der Waals surface area (Å²) in [5.74, 6) is 0.519. The summed E-state index contributed by atoms with van der Waals surface area (Å²) in [6.45, 7) is 6.16. The van der Waals surface area contributed by atoms with Crippen molar-refractivity contribution in [3.8, 4) is 0 Å². The molecule has 0 bridgehead atoms. The van der Waals surface area contributed by atoms with Crippen LogP contribution in [0.25, 0.3) is 0 Å². The minimum Gasteiger partial charge on any atom is -0.465 e. The van der Waals surface area contributed by atoms with Crippen molar-refractivity contribution in [1.29, 1.82) is 0 Å². The molecule has 1 aromatic heterocycles. The highest BCUT2D eigenvalue weighted by Gasteiger charge is 2.29. The first-order valence-electron chi connectivity index (χ1n) is 7.19. The van der Waals surface area contributed by atoms with Crippen molar-refractivity contribution in [3.05, 3.63) is 47.0 Å². The highest BCUT2D eigenvalue weighted by Crippen LogP contribution is 2.25. The van der Waals surface area contributed by atoms with Gasteiger partial charge in [-0.3, -0.25) is 9.48 Å². The fourth-order valence-corrected chi connectivity index (χ4v) is 2.23. The Labute approximate surface area is 125 Å². The molecule has 5 heteroatoms. The predicted molar refractivity (Wildman–Crippen MR) is 80.0 cm³/mol. The lowest BCUT2D eigenvalue weighted by atomic mass is 9.97. The van der Waals surface area contributed by atoms with Crippen molar-refractivity contribution in [2.45, 2.75) is 33.1 Å². The lowest BCUT2D eigenvalue weighted by molar-refractivity contribution is -0.144. The van der Waals surface area contributed by atoms with E-state index in [1.165, 1.54) is 0 Å². The van der Waals surface area contributed by atoms with Crippen molar-refractivity contribution >= 4 is 5.97 Å². The zero-order valence-corrected chi connectivity index (χ0v) is 13.0. The van der Waals surface area contributed by atoms with Gasteiger partial charge in [0.1, 0.15) is 11.7 Å². The van der Waals surface area contributed by atoms with Crippen LogP contribution in [0.4, 0.5) is 0 Å². The number of carbonyl (C=O) groups is 1. The van der Waals surface area contributed by atoms with Crippen LogP contribution in [-0.2, 0) is 23.0 Å². The summed E-state index contributed by atoms with van der Waals surface area (Å²) in [5, 5.41) is 4.33. The molecule has 0 fully saturated rings. The van der Waals surface area contributed by atoms with Crippen LogP contribution < -0.4 is 0 Å². The topological polar surface area (TPSA) is 57.0 Å². The lowest BCUT2D eigenvalue weighted by Crippen LogP contribution is -2.21. The number of aromatic nitrogens is 3. The zero-order chi connectivity index (χ0) is 15.4. The number of hydrogen-bond acceptors (Lipinski definition) is 4. The van der Waals surface area contributed by atoms with Gasteiger partial charge in [-0.25, -0.2) is 4.98 Å². The van der Waals surface area contributed by atoms with Crippen LogP contribution in [0.5, 0.6) is 0 Å². The molecule has 0 spiro atoms. The summed E-state index contributed by atoms with van der Waals surface area (Å²) >= 11 is 0. The Hall–Kier alpha value is -2.17. The summed E-state index contributed by atoms with van der Waals surface area (Å²) in [6, 6.07) is 7.85. The monoisotopic (exact) mass is 287 g/mol. The molecule has 0 radical (unpaired) electrons. The lowest BCUT2D eigenvalue weighted by Gasteiger charge is -2.15. The van der Waals surface area contributed by atoms with E-state index in [9.17, 15) is 4.79 Å². The predicted octanol–water partition coefficient (Wildman–Crippen LogP) is 2.38. The summed E-state index contributed by atoms with van der Waals surface area (Å²) in [7, 11) is 1.81. The van der Waals surface area contributed by atoms with Gasteiger partial charge in [0.2, 0.25) is 0 Å². The van der Waals surface area contributed by atoms with Gasteiger partial charge in [0.25, 0.3) is 0 Å². The average Bonchev–Trinajstić information content (AvgIpc) is 2.83. The molecule has 21 heavy (non-hydrogen) atoms. The number of ether oxygens (including phenoxy) is 1. The van der Waals surface area contributed by atoms with Gasteiger partial charge in [0, 0.05) is 13.5 Å². The second-order valence-corrected chi connectivity index (χ2v) is 4.96. The third-order valence-corrected chi connectivity index (χ3v) is 3.35. The summed E-state index contributed by atoms with van der Waals surface area (Å²) < 4.78 is 6.89. The average molecular weight is 287 g/mol. The molecule has 2 aromatic rings. The first-order chi connectivity index (χ1) is 10.1. The molecule has 0 aliphatic carbocycles. The van der Waals surface area contributed by atoms with E-state index in [4.69, 9.17) is 4.74 Å². The first kappa shape index (κ1) is 15.2. The molecule has 2 rings (SSSR count). The van der Waals surface area contributed by atoms with Gasteiger partial charge in [-0.05, 0) is 19.4 Å². The van der Waals surface area contributed by atoms with Gasteiger partial charge in [-0.2, -0.15) is 5.10 Å². The third kappa shape index (κ3) is 3.29. The van der Waals surface area contributed by atoms with Crippen molar-refractivity contribution in [2.24, 2.45) is 7.05 Å². The van der Waals surface area contributed by atoms with Crippen LogP contribution in [0.1, 0.15) is 42.5 Å². The molecule has 0 aliphatic heterocycles. The van der Waals surface area contributed by atoms with Gasteiger partial charge in [-0.1, -0.05) is 36.8 Å². The number of esters is 1. The maximum absolute atomic E-state index is 12.4. The molecule has 1 aromatic carbocycles. The van der Waals surface area contributed by atoms with Crippen LogP contribution in [0.2, 0.25) is 0 Å². The number of aryl methyl sites for hydroxylation is 3. The number of carbonyl (C=O) groups excluding carboxylic acids is 1. The Morgan fingerprint density at radius 1 is 1.29 bits per heavy atom. The normalized spacial score (nSPS) is 12.2. The van der Waals surface area contributed by atoms with Crippen molar-refractivity contribution in [2.75, 3.05) is 6.61 Å². The van der Waals surface area contributed by atoms with Crippen LogP contribution in [0, 0.1) is 6.92 Å². The molecule has 0 aliphatic rings. The zero-order valence-electron chi connectivity index (χ0n) is 13.0. The summed E-state index contributed by atoms with van der Waals surface area (Å²) in [6.07, 6.45) is 0.733. The number of rotatable bonds is 5. The molecule has 1 atom stereocenters. The molecule has 0 N–H and O–H groups in total. The van der Waals surface area contributed by atoms with Crippen LogP contribution in [0.3, 0.4) is 0 Å². The molecule has 0 saturated carbocycles. The highest BCUT2D eigenvalue weighted by molar-refractivity contribution is 5.81. The molecule has 1 heterocycles. The van der Waals surface area contributed by atoms with Gasteiger partial charge in [-0.15, -0.1) is 0 Å². The third-order valence-electron chi connectivity index (χ3n) is 3.35. The van der Waals surface area contributed by atoms with E-state index in [1.54, 1.807) is 11.6 Å². The van der Waals surface area contributed by atoms with E-state index in [0.29, 0.717) is 12.4 Å². The molecule has 112 valence electrons. The molecular formula is C16H21N3O2. The van der Waals surface area contributed by atoms with E-state index < -0.39 is 5.92 Å². The van der Waals surface area contributed by atoms with Gasteiger partial charge < -0.3 is 4.74 Å². The van der Waals surface area contributed by atoms with E-state index in [1.807, 2.05) is 45.2 Å². The van der Waals surface area contributed by atoms with Gasteiger partial charge >= 0.3 is 5.97 Å². The summed E-state index contributed by atoms with van der Waals surface area (Å²) in [5.41, 5.74) is 2.02. The fourth-order valence-electron chi connectivity index (χ4n) is 2.23. The molecule has 5 nitrogen and oxygen atoms in total. The van der Waals surface area contributed by atoms with Crippen molar-refractivity contribution < 1.29 is 9.53 Å². The molecule has 0 saturated heterocycles. The standard InChI is InChI=1S/C16H21N3O2/c1-5-13-17-15(19(4)18-13)14(16(20)21-6-2)12-9-7-11(3)8-10-12/h7-10,14H,5-6H2,1-4H3. The number of nitrogens with zero attached hydrogens (tertiary/aromatic N) is 3. The number of hydrogen-bond donors (Lipinski definition) is 0. The second kappa shape index (κ2) is 6.52. The van der Waals surface area contributed by atoms with E-state index >= 15 is 0 Å². The molecule has 0 amide bonds. The fraction of sp³-hybridized carbons (Fsp3) is 0.438. The maximum Gasteiger partial charge on any atom is 0.321 e. The minimum absolute atomic E-state index is 0.292. The largest absolute Gasteiger partial charge is 0.465 e. The van der Waals surface area contributed by atoms with Crippen LogP contribution in [-0.4, -0.2) is 27.3 Å². The summed E-state index contributed by atoms with van der Waals surface area (Å²) in [4.78, 5) is 16.9. The minimum atomic E-state index is -0.539. The SMILES string of the molecule is CCOC(=O)C(c1ccc(C)cc1)c1nc(CC)nn1C. The second-order valence-electron chi connectivity index (χ2n) is 4.96. The van der Waals surface area contributed by atoms with Crippen molar-refractivity contribution in [3.63, 3.8) is 0 Å². The molecule has 1 unspecified atom stereocenters. The quantitative estimate of drug-likeness (QED) is 0.792. The Morgan fingerprint density at radius 2 is 1.95 bits per heavy atom. The van der Waals surface area contributed by atoms with Gasteiger partial charge in [0.05, 0.1) is 6.61 Å². The Morgan fingerprint density at radius 3 is 2.48 bits per heavy atom. The maximum atomic E-state index is 12.4. The smallest absolute Gasteiger partial charge is 0.321 e. The molecular weight excluding hydrogens is 266 g/mol. The first-order valence-corrected chi connectivity index (χ1v) is 7.19. The van der Waals surface area contributed by atoms with E-state index in [-0.39, 0.29) is 5.97 Å². The van der Waals surface area contributed by atoms with E-state index in [2.05, 4.69) is 10.1 Å².